The maximum Gasteiger partial charge on any atom is 0.196 e. The topological polar surface area (TPSA) is 154 Å². The van der Waals surface area contributed by atoms with Crippen LogP contribution in [0.5, 0.6) is 11.5 Å². The van der Waals surface area contributed by atoms with Crippen molar-refractivity contribution in [2.45, 2.75) is 57.1 Å². The Kier molecular flexibility index (Phi) is 5.54. The van der Waals surface area contributed by atoms with Crippen molar-refractivity contribution in [1.29, 1.82) is 0 Å². The molecular weight excluding hydrogens is 444 g/mol. The average molecular weight is 468 g/mol. The third kappa shape index (κ3) is 3.36. The fourth-order valence-electron chi connectivity index (χ4n) is 4.97. The molecule has 1 aliphatic heterocycles. The fourth-order valence-corrected chi connectivity index (χ4v) is 4.97. The molecule has 5 N–H and O–H groups in total. The molecule has 2 aromatic rings. The van der Waals surface area contributed by atoms with Crippen LogP contribution in [0.4, 0.5) is 0 Å². The third-order valence-corrected chi connectivity index (χ3v) is 6.69. The van der Waals surface area contributed by atoms with E-state index >= 15 is 0 Å². The molecule has 1 saturated heterocycles. The highest BCUT2D eigenvalue weighted by atomic mass is 16.7. The van der Waals surface area contributed by atoms with Crippen molar-refractivity contribution in [3.05, 3.63) is 63.7 Å². The molecule has 178 valence electrons. The molecule has 9 heteroatoms. The molecule has 2 aromatic carbocycles. The monoisotopic (exact) mass is 468 g/mol. The van der Waals surface area contributed by atoms with Gasteiger partial charge >= 0.3 is 0 Å². The highest BCUT2D eigenvalue weighted by Gasteiger charge is 2.48. The van der Waals surface area contributed by atoms with Crippen molar-refractivity contribution in [3.63, 3.8) is 0 Å². The number of aromatic hydroxyl groups is 2. The summed E-state index contributed by atoms with van der Waals surface area (Å²) in [5.74, 6) is -2.07. The minimum absolute atomic E-state index is 0.0137. The average Bonchev–Trinajstić information content (AvgIpc) is 2.81. The van der Waals surface area contributed by atoms with Gasteiger partial charge in [0, 0.05) is 28.7 Å². The quantitative estimate of drug-likeness (QED) is 0.453. The van der Waals surface area contributed by atoms with E-state index in [0.29, 0.717) is 12.0 Å². The van der Waals surface area contributed by atoms with E-state index in [1.165, 1.54) is 30.3 Å². The van der Waals surface area contributed by atoms with Crippen LogP contribution in [-0.2, 0) is 16.1 Å². The summed E-state index contributed by atoms with van der Waals surface area (Å²) in [5.41, 5.74) is -0.123. The summed E-state index contributed by atoms with van der Waals surface area (Å²) < 4.78 is 11.7. The van der Waals surface area contributed by atoms with Gasteiger partial charge in [0.2, 0.25) is 0 Å². The number of carbonyl (C=O) groups is 2. The lowest BCUT2D eigenvalue weighted by Gasteiger charge is -2.39. The Bertz CT molecular complexity index is 1230. The standard InChI is InChI=1S/C25H24O9/c1-10-14(27)5-6-17(33-10)34-25-21-20(18-13(23(25)31)7-11(9-26)8-16(18)29)22(30)12-3-2-4-15(28)19(12)24(21)32/h2-4,7-8,10,14,17,23,25-29,31H,5-6,9H2,1H3/t10?,14-,17-,23-,25-/m0/s1. The number of fused-ring (bicyclic) bond motifs is 3. The molecule has 0 spiro atoms. The van der Waals surface area contributed by atoms with Crippen LogP contribution in [0.25, 0.3) is 5.57 Å². The Morgan fingerprint density at radius 3 is 2.50 bits per heavy atom. The van der Waals surface area contributed by atoms with Crippen LogP contribution in [0, 0.1) is 0 Å². The molecule has 2 aliphatic carbocycles. The Hall–Kier alpha value is -3.08. The predicted octanol–water partition coefficient (Wildman–Crippen LogP) is 1.74. The number of phenols is 2. The Morgan fingerprint density at radius 1 is 1.03 bits per heavy atom. The van der Waals surface area contributed by atoms with Crippen molar-refractivity contribution < 1.29 is 44.6 Å². The van der Waals surface area contributed by atoms with Gasteiger partial charge in [-0.15, -0.1) is 0 Å². The van der Waals surface area contributed by atoms with E-state index in [2.05, 4.69) is 0 Å². The maximum absolute atomic E-state index is 13.6. The largest absolute Gasteiger partial charge is 0.507 e. The molecule has 5 atom stereocenters. The van der Waals surface area contributed by atoms with Crippen LogP contribution in [0.2, 0.25) is 0 Å². The van der Waals surface area contributed by atoms with Crippen molar-refractivity contribution >= 4 is 17.1 Å². The smallest absolute Gasteiger partial charge is 0.196 e. The van der Waals surface area contributed by atoms with Gasteiger partial charge in [0.05, 0.1) is 24.4 Å². The lowest BCUT2D eigenvalue weighted by atomic mass is 9.71. The Labute approximate surface area is 194 Å². The fraction of sp³-hybridized carbons (Fsp3) is 0.360. The van der Waals surface area contributed by atoms with Gasteiger partial charge in [0.1, 0.15) is 23.7 Å². The first-order valence-electron chi connectivity index (χ1n) is 11.0. The van der Waals surface area contributed by atoms with E-state index in [1.807, 2.05) is 0 Å². The molecule has 9 nitrogen and oxygen atoms in total. The van der Waals surface area contributed by atoms with Gasteiger partial charge in [-0.3, -0.25) is 9.59 Å². The summed E-state index contributed by atoms with van der Waals surface area (Å²) in [7, 11) is 0. The predicted molar refractivity (Wildman–Crippen MR) is 117 cm³/mol. The maximum atomic E-state index is 13.6. The first kappa shape index (κ1) is 22.7. The Morgan fingerprint density at radius 2 is 1.79 bits per heavy atom. The highest BCUT2D eigenvalue weighted by molar-refractivity contribution is 6.42. The van der Waals surface area contributed by atoms with E-state index in [0.717, 1.165) is 0 Å². The summed E-state index contributed by atoms with van der Waals surface area (Å²) in [6, 6.07) is 6.85. The molecule has 0 radical (unpaired) electrons. The minimum atomic E-state index is -1.49. The molecule has 0 amide bonds. The van der Waals surface area contributed by atoms with Crippen LogP contribution >= 0.6 is 0 Å². The molecule has 1 fully saturated rings. The molecule has 1 unspecified atom stereocenters. The third-order valence-electron chi connectivity index (χ3n) is 6.69. The van der Waals surface area contributed by atoms with Gasteiger partial charge in [-0.05, 0) is 42.7 Å². The van der Waals surface area contributed by atoms with Crippen molar-refractivity contribution in [2.75, 3.05) is 0 Å². The van der Waals surface area contributed by atoms with Crippen LogP contribution in [0.3, 0.4) is 0 Å². The number of hydrogen-bond donors (Lipinski definition) is 5. The normalized spacial score (nSPS) is 28.4. The van der Waals surface area contributed by atoms with Crippen LogP contribution in [-0.4, -0.2) is 61.7 Å². The first-order chi connectivity index (χ1) is 16.2. The highest BCUT2D eigenvalue weighted by Crippen LogP contribution is 2.49. The number of carbonyl (C=O) groups excluding carboxylic acids is 2. The number of Topliss-reactive ketones (excluding diaryl/α,β-unsaturated/α-hetero) is 2. The molecule has 1 heterocycles. The molecular formula is C25H24O9. The van der Waals surface area contributed by atoms with Crippen LogP contribution < -0.4 is 0 Å². The van der Waals surface area contributed by atoms with Gasteiger partial charge in [-0.25, -0.2) is 0 Å². The number of ketones is 2. The lowest BCUT2D eigenvalue weighted by Crippen LogP contribution is -2.44. The van der Waals surface area contributed by atoms with Crippen molar-refractivity contribution in [3.8, 4) is 11.5 Å². The minimum Gasteiger partial charge on any atom is -0.507 e. The van der Waals surface area contributed by atoms with Crippen molar-refractivity contribution in [2.24, 2.45) is 0 Å². The van der Waals surface area contributed by atoms with Crippen molar-refractivity contribution in [1.82, 2.24) is 0 Å². The molecule has 3 aliphatic rings. The number of hydrogen-bond acceptors (Lipinski definition) is 9. The number of ether oxygens (including phenoxy) is 2. The van der Waals surface area contributed by atoms with Gasteiger partial charge in [0.15, 0.2) is 17.9 Å². The lowest BCUT2D eigenvalue weighted by molar-refractivity contribution is -0.240. The molecule has 34 heavy (non-hydrogen) atoms. The summed E-state index contributed by atoms with van der Waals surface area (Å²) in [6.45, 7) is 1.25. The number of allylic oxidation sites excluding steroid dienone is 1. The van der Waals surface area contributed by atoms with E-state index in [-0.39, 0.29) is 51.3 Å². The number of benzene rings is 2. The zero-order chi connectivity index (χ0) is 24.3. The summed E-state index contributed by atoms with van der Waals surface area (Å²) in [5, 5.41) is 51.9. The van der Waals surface area contributed by atoms with Gasteiger partial charge in [0.25, 0.3) is 0 Å². The molecule has 0 bridgehead atoms. The second kappa shape index (κ2) is 8.30. The zero-order valence-corrected chi connectivity index (χ0v) is 18.3. The second-order valence-electron chi connectivity index (χ2n) is 8.80. The molecule has 0 saturated carbocycles. The van der Waals surface area contributed by atoms with Gasteiger partial charge in [-0.2, -0.15) is 0 Å². The second-order valence-corrected chi connectivity index (χ2v) is 8.80. The summed E-state index contributed by atoms with van der Waals surface area (Å²) >= 11 is 0. The number of phenolic OH excluding ortho intramolecular Hbond substituents is 2. The molecule has 5 rings (SSSR count). The van der Waals surface area contributed by atoms with E-state index in [1.54, 1.807) is 6.92 Å². The molecule has 0 aromatic heterocycles. The van der Waals surface area contributed by atoms with Gasteiger partial charge in [-0.1, -0.05) is 12.1 Å². The first-order valence-corrected chi connectivity index (χ1v) is 11.0. The van der Waals surface area contributed by atoms with Crippen LogP contribution in [0.1, 0.15) is 63.3 Å². The van der Waals surface area contributed by atoms with E-state index in [9.17, 15) is 35.1 Å². The zero-order valence-electron chi connectivity index (χ0n) is 18.3. The SMILES string of the molecule is CC1O[C@@H](O[C@H]2C3=C(C(=O)c4cccc(O)c4C3=O)c3c(O)cc(CO)cc3[C@@H]2O)CC[C@@H]1O. The number of aliphatic hydroxyl groups is 3. The summed E-state index contributed by atoms with van der Waals surface area (Å²) in [6.07, 6.45) is -4.28. The van der Waals surface area contributed by atoms with Gasteiger partial charge < -0.3 is 35.0 Å². The summed E-state index contributed by atoms with van der Waals surface area (Å²) in [4.78, 5) is 27.2. The van der Waals surface area contributed by atoms with Crippen LogP contribution in [0.15, 0.2) is 35.9 Å². The number of rotatable bonds is 3. The van der Waals surface area contributed by atoms with E-state index in [4.69, 9.17) is 9.47 Å². The van der Waals surface area contributed by atoms with E-state index < -0.39 is 48.9 Å². The Balaban J connectivity index is 1.70. The number of aliphatic hydroxyl groups excluding tert-OH is 3.